The quantitative estimate of drug-likeness (QED) is 0.481. The van der Waals surface area contributed by atoms with Crippen molar-refractivity contribution in [1.29, 1.82) is 0 Å². The predicted octanol–water partition coefficient (Wildman–Crippen LogP) is -1.91. The van der Waals surface area contributed by atoms with Crippen LogP contribution in [0.15, 0.2) is 17.0 Å². The Morgan fingerprint density at radius 3 is 2.11 bits per heavy atom. The van der Waals surface area contributed by atoms with E-state index in [4.69, 9.17) is 5.11 Å². The summed E-state index contributed by atoms with van der Waals surface area (Å²) in [5.74, 6) is -0.174. The minimum absolute atomic E-state index is 0. The van der Waals surface area contributed by atoms with Gasteiger partial charge >= 0.3 is 18.9 Å². The molecular formula is C11H15LiO5S. The molecular weight excluding hydrogens is 251 g/mol. The summed E-state index contributed by atoms with van der Waals surface area (Å²) in [6.45, 7) is 4.78. The first-order valence-electron chi connectivity index (χ1n) is 5.00. The summed E-state index contributed by atoms with van der Waals surface area (Å²) >= 11 is 0. The van der Waals surface area contributed by atoms with Gasteiger partial charge in [0.1, 0.15) is 15.9 Å². The number of hydrogen-bond donors (Lipinski definition) is 2. The van der Waals surface area contributed by atoms with Crippen molar-refractivity contribution in [1.82, 2.24) is 0 Å². The third-order valence-electron chi connectivity index (χ3n) is 2.43. The summed E-state index contributed by atoms with van der Waals surface area (Å²) in [4.78, 5) is -0.440. The van der Waals surface area contributed by atoms with Crippen LogP contribution in [0.1, 0.15) is 31.9 Å². The van der Waals surface area contributed by atoms with E-state index in [9.17, 15) is 18.1 Å². The Labute approximate surface area is 119 Å². The normalized spacial score (nSPS) is 12.1. The van der Waals surface area contributed by atoms with Gasteiger partial charge in [0.2, 0.25) is 0 Å². The fraction of sp³-hybridized carbons (Fsp3) is 0.455. The van der Waals surface area contributed by atoms with Crippen molar-refractivity contribution >= 4 is 10.1 Å². The molecule has 18 heavy (non-hydrogen) atoms. The Morgan fingerprint density at radius 2 is 1.78 bits per heavy atom. The molecule has 1 rings (SSSR count). The molecule has 0 radical (unpaired) electrons. The molecule has 2 N–H and O–H groups in total. The molecule has 1 aromatic rings. The summed E-state index contributed by atoms with van der Waals surface area (Å²) in [6.07, 6.45) is 0. The number of hydrogen-bond acceptors (Lipinski definition) is 5. The average molecular weight is 266 g/mol. The molecule has 0 saturated carbocycles. The number of aromatic hydroxyl groups is 1. The summed E-state index contributed by atoms with van der Waals surface area (Å²) in [5, 5.41) is 18.9. The van der Waals surface area contributed by atoms with Gasteiger partial charge in [0.25, 0.3) is 0 Å². The first-order chi connectivity index (χ1) is 7.57. The molecule has 0 aliphatic heterocycles. The second kappa shape index (κ2) is 5.64. The van der Waals surface area contributed by atoms with Gasteiger partial charge in [-0.05, 0) is 17.5 Å². The molecule has 0 unspecified atom stereocenters. The predicted molar refractivity (Wildman–Crippen MR) is 60.7 cm³/mol. The second-order valence-electron chi connectivity index (χ2n) is 4.84. The van der Waals surface area contributed by atoms with E-state index < -0.39 is 27.0 Å². The number of benzene rings is 1. The van der Waals surface area contributed by atoms with Crippen molar-refractivity contribution in [3.05, 3.63) is 23.3 Å². The molecule has 0 aliphatic carbocycles. The molecule has 0 aliphatic rings. The van der Waals surface area contributed by atoms with E-state index in [2.05, 4.69) is 0 Å². The summed E-state index contributed by atoms with van der Waals surface area (Å²) in [5.41, 5.74) is -0.181. The fourth-order valence-electron chi connectivity index (χ4n) is 1.50. The van der Waals surface area contributed by atoms with Gasteiger partial charge in [0.15, 0.2) is 0 Å². The van der Waals surface area contributed by atoms with E-state index in [0.717, 1.165) is 12.1 Å². The Kier molecular flexibility index (Phi) is 5.48. The molecule has 0 saturated heterocycles. The van der Waals surface area contributed by atoms with Crippen LogP contribution in [-0.2, 0) is 22.1 Å². The Balaban J connectivity index is 0.00000289. The van der Waals surface area contributed by atoms with E-state index in [-0.39, 0.29) is 30.2 Å². The molecule has 7 heteroatoms. The SMILES string of the molecule is CC(C)(C)c1cc(S(=O)(=O)[O-])cc(CO)c1O.[Li+]. The summed E-state index contributed by atoms with van der Waals surface area (Å²) in [7, 11) is -4.61. The topological polar surface area (TPSA) is 97.7 Å². The number of rotatable bonds is 2. The Morgan fingerprint density at radius 1 is 1.28 bits per heavy atom. The molecule has 1 aromatic carbocycles. The third-order valence-corrected chi connectivity index (χ3v) is 3.24. The van der Waals surface area contributed by atoms with Gasteiger partial charge in [-0.3, -0.25) is 0 Å². The maximum absolute atomic E-state index is 11.0. The molecule has 5 nitrogen and oxygen atoms in total. The largest absolute Gasteiger partial charge is 1.00 e. The third kappa shape index (κ3) is 3.74. The maximum atomic E-state index is 11.0. The van der Waals surface area contributed by atoms with Gasteiger partial charge < -0.3 is 14.8 Å². The first kappa shape index (κ1) is 17.5. The van der Waals surface area contributed by atoms with Crippen molar-refractivity contribution in [3.63, 3.8) is 0 Å². The van der Waals surface area contributed by atoms with E-state index in [0.29, 0.717) is 5.56 Å². The molecule has 96 valence electrons. The molecule has 0 amide bonds. The van der Waals surface area contributed by atoms with E-state index in [1.54, 1.807) is 20.8 Å². The van der Waals surface area contributed by atoms with Gasteiger partial charge in [-0.15, -0.1) is 0 Å². The Hall–Kier alpha value is -0.513. The zero-order valence-electron chi connectivity index (χ0n) is 10.9. The first-order valence-corrected chi connectivity index (χ1v) is 6.41. The van der Waals surface area contributed by atoms with Gasteiger partial charge in [-0.25, -0.2) is 8.42 Å². The van der Waals surface area contributed by atoms with Crippen LogP contribution >= 0.6 is 0 Å². The number of phenols is 1. The monoisotopic (exact) mass is 266 g/mol. The zero-order valence-corrected chi connectivity index (χ0v) is 11.7. The van der Waals surface area contributed by atoms with Gasteiger partial charge in [0.05, 0.1) is 11.5 Å². The van der Waals surface area contributed by atoms with Crippen LogP contribution in [-0.4, -0.2) is 23.2 Å². The van der Waals surface area contributed by atoms with Crippen molar-refractivity contribution < 1.29 is 42.0 Å². The van der Waals surface area contributed by atoms with E-state index in [1.165, 1.54) is 0 Å². The molecule has 0 spiro atoms. The maximum Gasteiger partial charge on any atom is 1.00 e. The van der Waals surface area contributed by atoms with E-state index in [1.807, 2.05) is 0 Å². The number of aliphatic hydroxyl groups is 1. The minimum Gasteiger partial charge on any atom is -0.744 e. The van der Waals surface area contributed by atoms with Crippen LogP contribution in [0.3, 0.4) is 0 Å². The van der Waals surface area contributed by atoms with Crippen molar-refractivity contribution in [2.24, 2.45) is 0 Å². The molecule has 0 aromatic heterocycles. The van der Waals surface area contributed by atoms with Crippen LogP contribution in [0.25, 0.3) is 0 Å². The fourth-order valence-corrected chi connectivity index (χ4v) is 2.05. The zero-order chi connectivity index (χ0) is 13.4. The smallest absolute Gasteiger partial charge is 0.744 e. The van der Waals surface area contributed by atoms with Crippen molar-refractivity contribution in [2.45, 2.75) is 37.7 Å². The second-order valence-corrected chi connectivity index (χ2v) is 6.22. The van der Waals surface area contributed by atoms with Crippen LogP contribution < -0.4 is 18.9 Å². The minimum atomic E-state index is -4.61. The van der Waals surface area contributed by atoms with Crippen molar-refractivity contribution in [2.75, 3.05) is 0 Å². The van der Waals surface area contributed by atoms with Crippen LogP contribution in [0, 0.1) is 0 Å². The van der Waals surface area contributed by atoms with Crippen LogP contribution in [0.2, 0.25) is 0 Å². The molecule has 0 atom stereocenters. The van der Waals surface area contributed by atoms with Crippen LogP contribution in [0.5, 0.6) is 5.75 Å². The molecule has 0 fully saturated rings. The standard InChI is InChI=1S/C11H16O5S.Li/c1-11(2,3)9-5-8(17(14,15)16)4-7(6-12)10(9)13;/h4-5,12-13H,6H2,1-3H3,(H,14,15,16);/q;+1/p-1. The molecule has 0 heterocycles. The molecule has 0 bridgehead atoms. The Bertz CT molecular complexity index is 531. The van der Waals surface area contributed by atoms with E-state index >= 15 is 0 Å². The summed E-state index contributed by atoms with van der Waals surface area (Å²) in [6, 6.07) is 2.14. The summed E-state index contributed by atoms with van der Waals surface area (Å²) < 4.78 is 32.9. The van der Waals surface area contributed by atoms with Crippen molar-refractivity contribution in [3.8, 4) is 5.75 Å². The van der Waals surface area contributed by atoms with Gasteiger partial charge in [-0.2, -0.15) is 0 Å². The van der Waals surface area contributed by atoms with Gasteiger partial charge in [0, 0.05) is 11.1 Å². The number of aliphatic hydroxyl groups excluding tert-OH is 1. The van der Waals surface area contributed by atoms with Crippen LogP contribution in [0.4, 0.5) is 0 Å². The van der Waals surface area contributed by atoms with Gasteiger partial charge in [-0.1, -0.05) is 20.8 Å². The average Bonchev–Trinajstić information content (AvgIpc) is 2.14.